The van der Waals surface area contributed by atoms with Crippen molar-refractivity contribution < 1.29 is 23.1 Å². The highest BCUT2D eigenvalue weighted by molar-refractivity contribution is 5.85. The molecule has 2 aromatic rings. The number of hydrogen-bond donors (Lipinski definition) is 1. The first-order valence-electron chi connectivity index (χ1n) is 5.26. The molecule has 7 heteroatoms. The molecule has 4 nitrogen and oxygen atoms in total. The van der Waals surface area contributed by atoms with Crippen LogP contribution in [0.1, 0.15) is 21.9 Å². The fraction of sp³-hybridized carbons (Fsp3) is 0.167. The van der Waals surface area contributed by atoms with E-state index in [1.807, 2.05) is 0 Å². The Morgan fingerprint density at radius 3 is 2.58 bits per heavy atom. The van der Waals surface area contributed by atoms with Crippen molar-refractivity contribution in [2.45, 2.75) is 13.1 Å². The number of aromatic nitrogens is 2. The Bertz CT molecular complexity index is 632. The highest BCUT2D eigenvalue weighted by Crippen LogP contribution is 2.30. The number of hydrogen-bond acceptors (Lipinski definition) is 2. The van der Waals surface area contributed by atoms with Crippen LogP contribution in [0, 0.1) is 6.92 Å². The van der Waals surface area contributed by atoms with Gasteiger partial charge in [0.15, 0.2) is 5.69 Å². The van der Waals surface area contributed by atoms with Gasteiger partial charge >= 0.3 is 12.1 Å². The molecule has 0 atom stereocenters. The minimum absolute atomic E-state index is 0.213. The van der Waals surface area contributed by atoms with E-state index in [9.17, 15) is 18.0 Å². The topological polar surface area (TPSA) is 55.1 Å². The Hall–Kier alpha value is -2.31. The number of nitrogens with zero attached hydrogens (tertiary/aromatic N) is 2. The number of rotatable bonds is 2. The summed E-state index contributed by atoms with van der Waals surface area (Å²) in [6.07, 6.45) is -3.26. The number of aryl methyl sites for hydroxylation is 1. The van der Waals surface area contributed by atoms with Crippen LogP contribution in [-0.2, 0) is 6.18 Å². The maximum absolute atomic E-state index is 12.6. The van der Waals surface area contributed by atoms with E-state index in [4.69, 9.17) is 5.11 Å². The van der Waals surface area contributed by atoms with Crippen LogP contribution in [0.5, 0.6) is 0 Å². The predicted octanol–water partition coefficient (Wildman–Crippen LogP) is 2.90. The minimum Gasteiger partial charge on any atom is -0.476 e. The van der Waals surface area contributed by atoms with E-state index in [0.717, 1.165) is 12.1 Å². The molecular formula is C12H9F3N2O2. The lowest BCUT2D eigenvalue weighted by Gasteiger charge is -2.10. The zero-order valence-corrected chi connectivity index (χ0v) is 9.77. The molecule has 19 heavy (non-hydrogen) atoms. The summed E-state index contributed by atoms with van der Waals surface area (Å²) in [5.74, 6) is -0.925. The van der Waals surface area contributed by atoms with Crippen molar-refractivity contribution in [1.82, 2.24) is 9.55 Å². The second kappa shape index (κ2) is 4.42. The molecule has 0 amide bonds. The molecule has 0 spiro atoms. The molecule has 1 aromatic carbocycles. The fourth-order valence-corrected chi connectivity index (χ4v) is 1.67. The van der Waals surface area contributed by atoms with E-state index in [1.54, 1.807) is 0 Å². The summed E-state index contributed by atoms with van der Waals surface area (Å²) in [5, 5.41) is 8.80. The van der Waals surface area contributed by atoms with Gasteiger partial charge in [-0.3, -0.25) is 0 Å². The molecule has 0 aliphatic rings. The Morgan fingerprint density at radius 1 is 1.37 bits per heavy atom. The van der Waals surface area contributed by atoms with Crippen molar-refractivity contribution >= 4 is 5.97 Å². The van der Waals surface area contributed by atoms with Gasteiger partial charge in [-0.1, -0.05) is 6.07 Å². The van der Waals surface area contributed by atoms with Gasteiger partial charge in [-0.15, -0.1) is 0 Å². The summed E-state index contributed by atoms with van der Waals surface area (Å²) < 4.78 is 39.1. The van der Waals surface area contributed by atoms with Gasteiger partial charge in [0.25, 0.3) is 0 Å². The number of carbonyl (C=O) groups is 1. The molecule has 1 aromatic heterocycles. The fourth-order valence-electron chi connectivity index (χ4n) is 1.67. The van der Waals surface area contributed by atoms with Gasteiger partial charge in [0.1, 0.15) is 5.82 Å². The molecule has 0 saturated carbocycles. The lowest BCUT2D eigenvalue weighted by Crippen LogP contribution is -2.06. The molecule has 0 fully saturated rings. The number of benzene rings is 1. The largest absolute Gasteiger partial charge is 0.476 e. The summed E-state index contributed by atoms with van der Waals surface area (Å²) in [6.45, 7) is 1.52. The van der Waals surface area contributed by atoms with E-state index >= 15 is 0 Å². The van der Waals surface area contributed by atoms with Gasteiger partial charge in [-0.2, -0.15) is 13.2 Å². The quantitative estimate of drug-likeness (QED) is 0.912. The average Bonchev–Trinajstić information content (AvgIpc) is 2.71. The summed E-state index contributed by atoms with van der Waals surface area (Å²) in [6, 6.07) is 4.61. The molecule has 0 aliphatic carbocycles. The van der Waals surface area contributed by atoms with Crippen molar-refractivity contribution in [1.29, 1.82) is 0 Å². The lowest BCUT2D eigenvalue weighted by atomic mass is 10.2. The first kappa shape index (κ1) is 13.1. The molecule has 2 rings (SSSR count). The van der Waals surface area contributed by atoms with Crippen molar-refractivity contribution in [3.05, 3.63) is 47.5 Å². The first-order chi connectivity index (χ1) is 8.79. The molecule has 100 valence electrons. The van der Waals surface area contributed by atoms with E-state index in [1.165, 1.54) is 29.8 Å². The predicted molar refractivity (Wildman–Crippen MR) is 60.3 cm³/mol. The van der Waals surface area contributed by atoms with Crippen LogP contribution in [0.15, 0.2) is 30.5 Å². The lowest BCUT2D eigenvalue weighted by molar-refractivity contribution is -0.137. The summed E-state index contributed by atoms with van der Waals surface area (Å²) in [4.78, 5) is 14.5. The van der Waals surface area contributed by atoms with Gasteiger partial charge in [0.2, 0.25) is 0 Å². The zero-order valence-electron chi connectivity index (χ0n) is 9.77. The van der Waals surface area contributed by atoms with E-state index in [-0.39, 0.29) is 11.4 Å². The van der Waals surface area contributed by atoms with Crippen LogP contribution in [-0.4, -0.2) is 20.6 Å². The molecular weight excluding hydrogens is 261 g/mol. The third kappa shape index (κ3) is 2.59. The highest BCUT2D eigenvalue weighted by atomic mass is 19.4. The second-order valence-corrected chi connectivity index (χ2v) is 3.90. The van der Waals surface area contributed by atoms with E-state index in [2.05, 4.69) is 4.98 Å². The van der Waals surface area contributed by atoms with E-state index in [0.29, 0.717) is 5.82 Å². The van der Waals surface area contributed by atoms with Crippen molar-refractivity contribution in [3.63, 3.8) is 0 Å². The SMILES string of the molecule is Cc1nc(C(=O)O)cn1-c1cccc(C(F)(F)F)c1. The Morgan fingerprint density at radius 2 is 2.05 bits per heavy atom. The Kier molecular flexibility index (Phi) is 3.05. The summed E-state index contributed by atoms with van der Waals surface area (Å²) in [5.41, 5.74) is -0.794. The Labute approximate surface area is 106 Å². The van der Waals surface area contributed by atoms with E-state index < -0.39 is 17.7 Å². The maximum atomic E-state index is 12.6. The standard InChI is InChI=1S/C12H9F3N2O2/c1-7-16-10(11(18)19)6-17(7)9-4-2-3-8(5-9)12(13,14)15/h2-6H,1H3,(H,18,19). The van der Waals surface area contributed by atoms with Crippen LogP contribution < -0.4 is 0 Å². The molecule has 0 bridgehead atoms. The zero-order chi connectivity index (χ0) is 14.2. The van der Waals surface area contributed by atoms with Crippen LogP contribution in [0.4, 0.5) is 13.2 Å². The van der Waals surface area contributed by atoms with Crippen molar-refractivity contribution in [3.8, 4) is 5.69 Å². The maximum Gasteiger partial charge on any atom is 0.416 e. The normalized spacial score (nSPS) is 11.6. The number of halogens is 3. The number of carboxylic acid groups (broad SMARTS) is 1. The Balaban J connectivity index is 2.50. The van der Waals surface area contributed by atoms with Crippen molar-refractivity contribution in [2.24, 2.45) is 0 Å². The minimum atomic E-state index is -4.44. The van der Waals surface area contributed by atoms with Gasteiger partial charge in [-0.25, -0.2) is 9.78 Å². The van der Waals surface area contributed by atoms with Crippen molar-refractivity contribution in [2.75, 3.05) is 0 Å². The first-order valence-corrected chi connectivity index (χ1v) is 5.26. The molecule has 0 radical (unpaired) electrons. The van der Waals surface area contributed by atoms with Crippen LogP contribution in [0.3, 0.4) is 0 Å². The van der Waals surface area contributed by atoms with Crippen LogP contribution in [0.2, 0.25) is 0 Å². The van der Waals surface area contributed by atoms with Gasteiger partial charge in [-0.05, 0) is 25.1 Å². The highest BCUT2D eigenvalue weighted by Gasteiger charge is 2.30. The summed E-state index contributed by atoms with van der Waals surface area (Å²) in [7, 11) is 0. The third-order valence-electron chi connectivity index (χ3n) is 2.55. The molecule has 1 N–H and O–H groups in total. The third-order valence-corrected chi connectivity index (χ3v) is 2.55. The number of alkyl halides is 3. The number of imidazole rings is 1. The van der Waals surface area contributed by atoms with Crippen LogP contribution in [0.25, 0.3) is 5.69 Å². The van der Waals surface area contributed by atoms with Gasteiger partial charge in [0.05, 0.1) is 5.56 Å². The average molecular weight is 270 g/mol. The van der Waals surface area contributed by atoms with Crippen LogP contribution >= 0.6 is 0 Å². The number of aromatic carboxylic acids is 1. The summed E-state index contributed by atoms with van der Waals surface area (Å²) >= 11 is 0. The molecule has 1 heterocycles. The molecule has 0 saturated heterocycles. The second-order valence-electron chi connectivity index (χ2n) is 3.90. The van der Waals surface area contributed by atoms with Gasteiger partial charge in [0, 0.05) is 11.9 Å². The van der Waals surface area contributed by atoms with Gasteiger partial charge < -0.3 is 9.67 Å². The smallest absolute Gasteiger partial charge is 0.416 e. The monoisotopic (exact) mass is 270 g/mol. The molecule has 0 unspecified atom stereocenters. The number of carboxylic acids is 1. The molecule has 0 aliphatic heterocycles.